The summed E-state index contributed by atoms with van der Waals surface area (Å²) in [7, 11) is -4.00. The molecular weight excluding hydrogens is 782 g/mol. The molecule has 2 aromatic rings. The predicted octanol–water partition coefficient (Wildman–Crippen LogP) is -0.851. The van der Waals surface area contributed by atoms with Crippen LogP contribution < -0.4 is 47.5 Å². The molecule has 2 saturated heterocycles. The van der Waals surface area contributed by atoms with Gasteiger partial charge in [-0.25, -0.2) is 22.7 Å². The van der Waals surface area contributed by atoms with Gasteiger partial charge in [0.15, 0.2) is 0 Å². The van der Waals surface area contributed by atoms with E-state index in [0.29, 0.717) is 42.0 Å². The lowest BCUT2D eigenvalue weighted by Crippen LogP contribution is -2.51. The first kappa shape index (κ1) is 42.9. The number of piperazine rings is 1. The number of nitrogens with one attached hydrogen (secondary N) is 6. The SMILES string of the molecule is N#Cc1cc(Cl)cc2c1C[C@H](N1CCNCC1)[C@H]2Oc1ccc(S(=O)(=O)N[C@H]2CCN(C(=O)CC(NC(=O)NCCCCNC(=O)NCC(N)=O)C(N)=O)C2)cc1. The van der Waals surface area contributed by atoms with E-state index in [1.54, 1.807) is 18.2 Å². The van der Waals surface area contributed by atoms with Gasteiger partial charge in [0.05, 0.1) is 35.5 Å². The van der Waals surface area contributed by atoms with Crippen LogP contribution in [-0.2, 0) is 30.8 Å². The molecule has 2 heterocycles. The third-order valence-corrected chi connectivity index (χ3v) is 11.7. The van der Waals surface area contributed by atoms with Gasteiger partial charge in [0.1, 0.15) is 17.9 Å². The van der Waals surface area contributed by atoms with Crippen molar-refractivity contribution in [3.63, 3.8) is 0 Å². The monoisotopic (exact) mass is 829 g/mol. The minimum atomic E-state index is -4.00. The average Bonchev–Trinajstić information content (AvgIpc) is 3.79. The lowest BCUT2D eigenvalue weighted by Gasteiger charge is -2.36. The summed E-state index contributed by atoms with van der Waals surface area (Å²) < 4.78 is 36.0. The van der Waals surface area contributed by atoms with Crippen molar-refractivity contribution < 1.29 is 37.1 Å². The molecule has 5 rings (SSSR count). The van der Waals surface area contributed by atoms with Crippen LogP contribution in [0.3, 0.4) is 0 Å². The second-order valence-corrected chi connectivity index (χ2v) is 16.1. The number of fused-ring (bicyclic) bond motifs is 1. The largest absolute Gasteiger partial charge is 0.484 e. The fourth-order valence-electron chi connectivity index (χ4n) is 7.07. The molecule has 2 fully saturated rings. The Morgan fingerprint density at radius 1 is 0.982 bits per heavy atom. The first-order valence-corrected chi connectivity index (χ1v) is 20.5. The average molecular weight is 830 g/mol. The maximum Gasteiger partial charge on any atom is 0.315 e. The van der Waals surface area contributed by atoms with Crippen LogP contribution >= 0.6 is 11.6 Å². The van der Waals surface area contributed by atoms with Crippen LogP contribution in [0.4, 0.5) is 9.59 Å². The van der Waals surface area contributed by atoms with Gasteiger partial charge in [-0.05, 0) is 73.2 Å². The van der Waals surface area contributed by atoms with Crippen LogP contribution in [0.25, 0.3) is 0 Å². The first-order valence-electron chi connectivity index (χ1n) is 18.6. The molecule has 0 aromatic heterocycles. The molecule has 0 saturated carbocycles. The Morgan fingerprint density at radius 3 is 2.32 bits per heavy atom. The molecule has 57 heavy (non-hydrogen) atoms. The number of nitrogens with zero attached hydrogens (tertiary/aromatic N) is 3. The molecule has 308 valence electrons. The summed E-state index contributed by atoms with van der Waals surface area (Å²) in [6.07, 6.45) is 1.07. The van der Waals surface area contributed by atoms with Gasteiger partial charge in [0.2, 0.25) is 27.7 Å². The molecule has 1 unspecified atom stereocenters. The number of ether oxygens (including phenoxy) is 1. The summed E-state index contributed by atoms with van der Waals surface area (Å²) in [5.41, 5.74) is 12.7. The number of nitriles is 1. The number of unbranched alkanes of at least 4 members (excludes halogenated alkanes) is 1. The van der Waals surface area contributed by atoms with E-state index in [0.717, 1.165) is 37.3 Å². The van der Waals surface area contributed by atoms with Crippen molar-refractivity contribution in [3.8, 4) is 11.8 Å². The number of benzene rings is 2. The van der Waals surface area contributed by atoms with Crippen molar-refractivity contribution in [1.82, 2.24) is 41.1 Å². The van der Waals surface area contributed by atoms with E-state index in [-0.39, 0.29) is 43.7 Å². The number of primary amides is 2. The summed E-state index contributed by atoms with van der Waals surface area (Å²) >= 11 is 6.39. The summed E-state index contributed by atoms with van der Waals surface area (Å²) in [5, 5.41) is 23.4. The third kappa shape index (κ3) is 11.9. The Labute approximate surface area is 335 Å². The second kappa shape index (κ2) is 19.8. The van der Waals surface area contributed by atoms with Crippen LogP contribution in [0.5, 0.6) is 5.75 Å². The van der Waals surface area contributed by atoms with Crippen molar-refractivity contribution in [2.45, 2.75) is 61.2 Å². The number of amides is 7. The highest BCUT2D eigenvalue weighted by atomic mass is 35.5. The highest BCUT2D eigenvalue weighted by Gasteiger charge is 2.40. The molecule has 21 heteroatoms. The van der Waals surface area contributed by atoms with E-state index in [1.165, 1.54) is 17.0 Å². The van der Waals surface area contributed by atoms with Crippen LogP contribution in [0.2, 0.25) is 5.02 Å². The van der Waals surface area contributed by atoms with E-state index in [1.807, 2.05) is 6.07 Å². The molecular formula is C36H48ClN11O8S. The number of hydrogen-bond acceptors (Lipinski definition) is 11. The van der Waals surface area contributed by atoms with Gasteiger partial charge in [0, 0.05) is 63.4 Å². The number of halogens is 1. The van der Waals surface area contributed by atoms with Crippen LogP contribution in [0.15, 0.2) is 41.3 Å². The van der Waals surface area contributed by atoms with E-state index >= 15 is 0 Å². The topological polar surface area (TPSA) is 283 Å². The van der Waals surface area contributed by atoms with E-state index in [2.05, 4.69) is 42.3 Å². The van der Waals surface area contributed by atoms with Crippen LogP contribution in [-0.4, -0.2) is 125 Å². The van der Waals surface area contributed by atoms with Gasteiger partial charge in [-0.15, -0.1) is 0 Å². The molecule has 10 N–H and O–H groups in total. The first-order chi connectivity index (χ1) is 27.2. The van der Waals surface area contributed by atoms with Crippen LogP contribution in [0.1, 0.15) is 48.5 Å². The number of likely N-dealkylation sites (tertiary alicyclic amines) is 1. The Bertz CT molecular complexity index is 1960. The molecule has 0 spiro atoms. The maximum absolute atomic E-state index is 13.4. The lowest BCUT2D eigenvalue weighted by atomic mass is 10.0. The van der Waals surface area contributed by atoms with Crippen molar-refractivity contribution in [2.75, 3.05) is 58.9 Å². The second-order valence-electron chi connectivity index (χ2n) is 14.0. The quantitative estimate of drug-likeness (QED) is 0.0910. The number of hydrogen-bond donors (Lipinski definition) is 8. The predicted molar refractivity (Wildman–Crippen MR) is 207 cm³/mol. The number of sulfonamides is 1. The number of carbonyl (C=O) groups is 5. The highest BCUT2D eigenvalue weighted by Crippen LogP contribution is 2.41. The molecule has 7 amide bonds. The van der Waals surface area contributed by atoms with Gasteiger partial charge >= 0.3 is 12.1 Å². The standard InChI is InChI=1S/C36H48ClN11O8S/c37-23-15-22(19-38)27-17-30(47-13-10-41-11-14-47)33(28(27)16-23)56-25-3-5-26(6-4-25)57(54,55)46-24-7-12-48(21-24)32(50)18-29(34(40)51)45-36(53)43-9-2-1-8-42-35(52)44-20-31(39)49/h3-6,15-16,24,29-30,33,41,46H,1-2,7-14,17-18,20-21H2,(H2,39,49)(H2,40,51)(H2,42,44,52)(H2,43,45,53)/t24-,29?,30-,33-/m0/s1. The van der Waals surface area contributed by atoms with Crippen LogP contribution in [0, 0.1) is 11.3 Å². The van der Waals surface area contributed by atoms with E-state index in [9.17, 15) is 37.7 Å². The summed E-state index contributed by atoms with van der Waals surface area (Å²) in [5.74, 6) is -1.63. The summed E-state index contributed by atoms with van der Waals surface area (Å²) in [4.78, 5) is 63.5. The Kier molecular flexibility index (Phi) is 14.9. The van der Waals surface area contributed by atoms with Crippen molar-refractivity contribution in [1.29, 1.82) is 5.26 Å². The number of carbonyl (C=O) groups excluding carboxylic acids is 5. The zero-order valence-corrected chi connectivity index (χ0v) is 32.8. The maximum atomic E-state index is 13.4. The summed E-state index contributed by atoms with van der Waals surface area (Å²) in [6, 6.07) is 8.60. The summed E-state index contributed by atoms with van der Waals surface area (Å²) in [6.45, 7) is 3.74. The molecule has 1 aliphatic carbocycles. The Morgan fingerprint density at radius 2 is 1.67 bits per heavy atom. The third-order valence-electron chi connectivity index (χ3n) is 9.94. The molecule has 2 aromatic carbocycles. The number of rotatable bonds is 17. The van der Waals surface area contributed by atoms with Crippen molar-refractivity contribution in [2.24, 2.45) is 11.5 Å². The van der Waals surface area contributed by atoms with Gasteiger partial charge < -0.3 is 47.7 Å². The minimum Gasteiger partial charge on any atom is -0.484 e. The fraction of sp³-hybridized carbons (Fsp3) is 0.500. The normalized spacial score (nSPS) is 19.8. The zero-order valence-electron chi connectivity index (χ0n) is 31.2. The Hall–Kier alpha value is -5.20. The Balaban J connectivity index is 1.09. The van der Waals surface area contributed by atoms with E-state index < -0.39 is 64.4 Å². The van der Waals surface area contributed by atoms with Gasteiger partial charge in [-0.2, -0.15) is 5.26 Å². The lowest BCUT2D eigenvalue weighted by molar-refractivity contribution is -0.133. The number of nitrogens with two attached hydrogens (primary N) is 2. The zero-order chi connectivity index (χ0) is 41.1. The molecule has 2 aliphatic heterocycles. The van der Waals surface area contributed by atoms with Crippen molar-refractivity contribution >= 4 is 51.4 Å². The smallest absolute Gasteiger partial charge is 0.315 e. The van der Waals surface area contributed by atoms with Crippen molar-refractivity contribution in [3.05, 3.63) is 58.1 Å². The molecule has 0 bridgehead atoms. The minimum absolute atomic E-state index is 0.00545. The molecule has 3 aliphatic rings. The molecule has 0 radical (unpaired) electrons. The fourth-order valence-corrected chi connectivity index (χ4v) is 8.56. The van der Waals surface area contributed by atoms with Gasteiger partial charge in [-0.3, -0.25) is 19.3 Å². The van der Waals surface area contributed by atoms with Gasteiger partial charge in [0.25, 0.3) is 0 Å². The van der Waals surface area contributed by atoms with Gasteiger partial charge in [-0.1, -0.05) is 11.6 Å². The highest BCUT2D eigenvalue weighted by molar-refractivity contribution is 7.89. The molecule has 4 atom stereocenters. The number of urea groups is 2. The van der Waals surface area contributed by atoms with E-state index in [4.69, 9.17) is 27.8 Å². The molecule has 19 nitrogen and oxygen atoms in total.